The van der Waals surface area contributed by atoms with Gasteiger partial charge in [-0.25, -0.2) is 4.39 Å². The number of benzene rings is 1. The van der Waals surface area contributed by atoms with Crippen LogP contribution in [0.15, 0.2) is 16.9 Å². The third-order valence-electron chi connectivity index (χ3n) is 4.93. The Kier molecular flexibility index (Phi) is 4.06. The summed E-state index contributed by atoms with van der Waals surface area (Å²) in [5.74, 6) is -0.480. The Bertz CT molecular complexity index is 890. The number of methoxy groups -OCH3 is 1. The molecule has 0 amide bonds. The maximum absolute atomic E-state index is 14.3. The zero-order chi connectivity index (χ0) is 17.5. The lowest BCUT2D eigenvalue weighted by Gasteiger charge is -2.40. The molecular formula is C18H20FN3O2. The number of rotatable bonds is 2. The van der Waals surface area contributed by atoms with Gasteiger partial charge in [-0.1, -0.05) is 0 Å². The number of aromatic nitrogens is 1. The highest BCUT2D eigenvalue weighted by Crippen LogP contribution is 2.34. The van der Waals surface area contributed by atoms with Crippen LogP contribution < -0.4 is 10.5 Å². The van der Waals surface area contributed by atoms with Crippen LogP contribution in [0.5, 0.6) is 0 Å². The standard InChI is InChI=1S/C18H20FN3O2/c1-11-8-12-15(14(19)9-11)21-17(23)13(10-20)16(12)22-6-4-18(2,24-3)5-7-22/h8-9H,4-7H2,1-3H3,(H,21,23). The van der Waals surface area contributed by atoms with Gasteiger partial charge >= 0.3 is 0 Å². The van der Waals surface area contributed by atoms with Crippen LogP contribution in [0.3, 0.4) is 0 Å². The van der Waals surface area contributed by atoms with Gasteiger partial charge in [-0.2, -0.15) is 5.26 Å². The maximum atomic E-state index is 14.3. The highest BCUT2D eigenvalue weighted by Gasteiger charge is 2.32. The van der Waals surface area contributed by atoms with Crippen LogP contribution in [0.1, 0.15) is 30.9 Å². The van der Waals surface area contributed by atoms with E-state index in [4.69, 9.17) is 4.74 Å². The average Bonchev–Trinajstić information content (AvgIpc) is 2.55. The molecule has 126 valence electrons. The summed E-state index contributed by atoms with van der Waals surface area (Å²) in [7, 11) is 1.69. The van der Waals surface area contributed by atoms with E-state index in [1.165, 1.54) is 6.07 Å². The zero-order valence-electron chi connectivity index (χ0n) is 14.1. The summed E-state index contributed by atoms with van der Waals surface area (Å²) in [5.41, 5.74) is 0.700. The summed E-state index contributed by atoms with van der Waals surface area (Å²) in [6.07, 6.45) is 1.55. The van der Waals surface area contributed by atoms with E-state index in [-0.39, 0.29) is 16.7 Å². The Morgan fingerprint density at radius 2 is 2.04 bits per heavy atom. The van der Waals surface area contributed by atoms with E-state index in [2.05, 4.69) is 11.9 Å². The summed E-state index contributed by atoms with van der Waals surface area (Å²) < 4.78 is 19.8. The van der Waals surface area contributed by atoms with Crippen molar-refractivity contribution in [3.05, 3.63) is 39.4 Å². The van der Waals surface area contributed by atoms with E-state index < -0.39 is 11.4 Å². The molecule has 0 unspecified atom stereocenters. The molecule has 0 aliphatic carbocycles. The monoisotopic (exact) mass is 329 g/mol. The lowest BCUT2D eigenvalue weighted by Crippen LogP contribution is -2.44. The number of anilines is 1. The van der Waals surface area contributed by atoms with Crippen LogP contribution in [0.4, 0.5) is 10.1 Å². The molecule has 24 heavy (non-hydrogen) atoms. The Morgan fingerprint density at radius 3 is 2.62 bits per heavy atom. The van der Waals surface area contributed by atoms with Crippen LogP contribution in [-0.4, -0.2) is 30.8 Å². The number of ether oxygens (including phenoxy) is 1. The number of halogens is 1. The van der Waals surface area contributed by atoms with Crippen molar-refractivity contribution in [1.29, 1.82) is 5.26 Å². The number of aromatic amines is 1. The van der Waals surface area contributed by atoms with Gasteiger partial charge in [0.2, 0.25) is 0 Å². The molecule has 1 aliphatic rings. The number of nitriles is 1. The first-order valence-electron chi connectivity index (χ1n) is 7.95. The van der Waals surface area contributed by atoms with Gasteiger partial charge in [0, 0.05) is 25.6 Å². The maximum Gasteiger partial charge on any atom is 0.268 e. The van der Waals surface area contributed by atoms with Crippen molar-refractivity contribution < 1.29 is 9.13 Å². The molecule has 0 atom stereocenters. The van der Waals surface area contributed by atoms with E-state index in [1.807, 2.05) is 17.0 Å². The number of nitrogens with zero attached hydrogens (tertiary/aromatic N) is 2. The van der Waals surface area contributed by atoms with Crippen molar-refractivity contribution in [3.8, 4) is 6.07 Å². The van der Waals surface area contributed by atoms with Gasteiger partial charge in [-0.3, -0.25) is 4.79 Å². The Hall–Kier alpha value is -2.39. The predicted octanol–water partition coefficient (Wildman–Crippen LogP) is 2.85. The molecule has 1 aliphatic heterocycles. The molecule has 1 saturated heterocycles. The molecule has 1 fully saturated rings. The Labute approximate surface area is 139 Å². The highest BCUT2D eigenvalue weighted by atomic mass is 19.1. The summed E-state index contributed by atoms with van der Waals surface area (Å²) in [5, 5.41) is 10.0. The number of nitrogens with one attached hydrogen (secondary N) is 1. The normalized spacial score (nSPS) is 17.0. The van der Waals surface area contributed by atoms with Crippen LogP contribution in [-0.2, 0) is 4.74 Å². The first-order chi connectivity index (χ1) is 11.4. The van der Waals surface area contributed by atoms with Crippen LogP contribution in [0.25, 0.3) is 10.9 Å². The van der Waals surface area contributed by atoms with Crippen molar-refractivity contribution in [2.45, 2.75) is 32.3 Å². The number of hydrogen-bond acceptors (Lipinski definition) is 4. The molecule has 6 heteroatoms. The molecule has 3 rings (SSSR count). The van der Waals surface area contributed by atoms with Crippen molar-refractivity contribution in [2.24, 2.45) is 0 Å². The number of fused-ring (bicyclic) bond motifs is 1. The van der Waals surface area contributed by atoms with Gasteiger partial charge < -0.3 is 14.6 Å². The third kappa shape index (κ3) is 2.65. The van der Waals surface area contributed by atoms with E-state index >= 15 is 0 Å². The van der Waals surface area contributed by atoms with Gasteiger partial charge in [0.05, 0.1) is 16.8 Å². The Morgan fingerprint density at radius 1 is 1.38 bits per heavy atom. The van der Waals surface area contributed by atoms with Crippen molar-refractivity contribution in [3.63, 3.8) is 0 Å². The smallest absolute Gasteiger partial charge is 0.268 e. The topological polar surface area (TPSA) is 69.1 Å². The molecule has 1 N–H and O–H groups in total. The SMILES string of the molecule is COC1(C)CCN(c2c(C#N)c(=O)[nH]c3c(F)cc(C)cc23)CC1. The fourth-order valence-electron chi connectivity index (χ4n) is 3.31. The molecule has 0 radical (unpaired) electrons. The second-order valence-corrected chi connectivity index (χ2v) is 6.60. The van der Waals surface area contributed by atoms with E-state index in [0.717, 1.165) is 18.4 Å². The van der Waals surface area contributed by atoms with E-state index in [9.17, 15) is 14.4 Å². The second-order valence-electron chi connectivity index (χ2n) is 6.60. The summed E-state index contributed by atoms with van der Waals surface area (Å²) >= 11 is 0. The fraction of sp³-hybridized carbons (Fsp3) is 0.444. The fourth-order valence-corrected chi connectivity index (χ4v) is 3.31. The second kappa shape index (κ2) is 5.91. The molecule has 1 aromatic heterocycles. The van der Waals surface area contributed by atoms with Gasteiger partial charge in [0.25, 0.3) is 5.56 Å². The van der Waals surface area contributed by atoms with Gasteiger partial charge in [0.15, 0.2) is 0 Å². The number of pyridine rings is 1. The van der Waals surface area contributed by atoms with Crippen LogP contribution >= 0.6 is 0 Å². The lowest BCUT2D eigenvalue weighted by molar-refractivity contribution is -0.0132. The van der Waals surface area contributed by atoms with E-state index in [0.29, 0.717) is 24.2 Å². The van der Waals surface area contributed by atoms with Gasteiger partial charge in [0.1, 0.15) is 17.4 Å². The minimum atomic E-state index is -0.553. The van der Waals surface area contributed by atoms with Crippen molar-refractivity contribution >= 4 is 16.6 Å². The van der Waals surface area contributed by atoms with Crippen LogP contribution in [0.2, 0.25) is 0 Å². The Balaban J connectivity index is 2.20. The molecule has 0 saturated carbocycles. The van der Waals surface area contributed by atoms with Crippen molar-refractivity contribution in [2.75, 3.05) is 25.1 Å². The van der Waals surface area contributed by atoms with Gasteiger partial charge in [-0.05, 0) is 44.4 Å². The number of H-pyrrole nitrogens is 1. The van der Waals surface area contributed by atoms with Gasteiger partial charge in [-0.15, -0.1) is 0 Å². The average molecular weight is 329 g/mol. The van der Waals surface area contributed by atoms with Crippen molar-refractivity contribution in [1.82, 2.24) is 4.98 Å². The zero-order valence-corrected chi connectivity index (χ0v) is 14.1. The first-order valence-corrected chi connectivity index (χ1v) is 7.95. The minimum Gasteiger partial charge on any atom is -0.378 e. The number of hydrogen-bond donors (Lipinski definition) is 1. The molecule has 0 spiro atoms. The number of piperidine rings is 1. The lowest BCUT2D eigenvalue weighted by atomic mass is 9.92. The molecule has 0 bridgehead atoms. The van der Waals surface area contributed by atoms with E-state index in [1.54, 1.807) is 14.0 Å². The molecule has 2 heterocycles. The minimum absolute atomic E-state index is 0.0357. The van der Waals surface area contributed by atoms with Crippen LogP contribution in [0, 0.1) is 24.1 Å². The largest absolute Gasteiger partial charge is 0.378 e. The molecule has 2 aromatic rings. The number of aryl methyl sites for hydroxylation is 1. The summed E-state index contributed by atoms with van der Waals surface area (Å²) in [6, 6.07) is 5.18. The third-order valence-corrected chi connectivity index (χ3v) is 4.93. The molecular weight excluding hydrogens is 309 g/mol. The summed E-state index contributed by atoms with van der Waals surface area (Å²) in [6.45, 7) is 5.14. The predicted molar refractivity (Wildman–Crippen MR) is 90.8 cm³/mol. The highest BCUT2D eigenvalue weighted by molar-refractivity contribution is 5.95. The quantitative estimate of drug-likeness (QED) is 0.920. The summed E-state index contributed by atoms with van der Waals surface area (Å²) in [4.78, 5) is 16.8. The first kappa shape index (κ1) is 16.5. The molecule has 5 nitrogen and oxygen atoms in total. The molecule has 1 aromatic carbocycles.